The van der Waals surface area contributed by atoms with E-state index in [1.54, 1.807) is 6.07 Å². The van der Waals surface area contributed by atoms with Crippen LogP contribution in [0, 0.1) is 5.82 Å². The number of anilines is 2. The lowest BCUT2D eigenvalue weighted by Crippen LogP contribution is -2.28. The summed E-state index contributed by atoms with van der Waals surface area (Å²) in [6.07, 6.45) is 1.39. The number of sulfonamides is 1. The van der Waals surface area contributed by atoms with Crippen LogP contribution in [0.3, 0.4) is 0 Å². The Morgan fingerprint density at radius 1 is 1.35 bits per heavy atom. The summed E-state index contributed by atoms with van der Waals surface area (Å²) in [5.74, 6) is -0.781. The highest BCUT2D eigenvalue weighted by atomic mass is 79.9. The number of para-hydroxylation sites is 1. The molecule has 1 heterocycles. The van der Waals surface area contributed by atoms with Gasteiger partial charge in [-0.2, -0.15) is 0 Å². The van der Waals surface area contributed by atoms with Gasteiger partial charge in [-0.1, -0.05) is 12.1 Å². The summed E-state index contributed by atoms with van der Waals surface area (Å²) in [7, 11) is -2.73. The van der Waals surface area contributed by atoms with Crippen LogP contribution in [0.2, 0.25) is 0 Å². The number of pyridine rings is 1. The summed E-state index contributed by atoms with van der Waals surface area (Å²) in [5, 5.41) is 0. The lowest BCUT2D eigenvalue weighted by molar-refractivity contribution is 0.589. The van der Waals surface area contributed by atoms with E-state index in [0.29, 0.717) is 4.47 Å². The Hall–Kier alpha value is -1.67. The van der Waals surface area contributed by atoms with Crippen LogP contribution < -0.4 is 10.0 Å². The molecule has 0 aliphatic heterocycles. The molecular weight excluding hydrogens is 349 g/mol. The number of nitrogen functional groups attached to an aromatic ring is 1. The maximum absolute atomic E-state index is 13.7. The number of nitrogens with two attached hydrogens (primary N) is 1. The van der Waals surface area contributed by atoms with Crippen LogP contribution in [-0.2, 0) is 10.0 Å². The highest BCUT2D eigenvalue weighted by Crippen LogP contribution is 2.28. The molecule has 0 unspecified atom stereocenters. The SMILES string of the molecule is CN(c1ccccc1F)S(=O)(=O)c1cc(Br)cnc1N. The number of benzene rings is 1. The van der Waals surface area contributed by atoms with Crippen LogP contribution in [0.4, 0.5) is 15.9 Å². The summed E-state index contributed by atoms with van der Waals surface area (Å²) in [6.45, 7) is 0. The van der Waals surface area contributed by atoms with Gasteiger partial charge in [-0.3, -0.25) is 4.31 Å². The quantitative estimate of drug-likeness (QED) is 0.912. The van der Waals surface area contributed by atoms with Gasteiger partial charge < -0.3 is 5.73 Å². The summed E-state index contributed by atoms with van der Waals surface area (Å²) >= 11 is 3.13. The molecule has 0 saturated heterocycles. The molecule has 0 amide bonds. The zero-order valence-electron chi connectivity index (χ0n) is 10.4. The molecule has 8 heteroatoms. The van der Waals surface area contributed by atoms with E-state index in [1.165, 1.54) is 37.5 Å². The number of aromatic nitrogens is 1. The third kappa shape index (κ3) is 2.61. The Bertz CT molecular complexity index is 752. The van der Waals surface area contributed by atoms with Crippen molar-refractivity contribution >= 4 is 37.5 Å². The van der Waals surface area contributed by atoms with Crippen molar-refractivity contribution in [3.63, 3.8) is 0 Å². The van der Waals surface area contributed by atoms with Crippen molar-refractivity contribution in [3.05, 3.63) is 46.8 Å². The van der Waals surface area contributed by atoms with Gasteiger partial charge in [-0.15, -0.1) is 0 Å². The third-order valence-electron chi connectivity index (χ3n) is 2.68. The molecule has 0 saturated carbocycles. The molecule has 1 aromatic carbocycles. The average Bonchev–Trinajstić information content (AvgIpc) is 2.41. The Morgan fingerprint density at radius 3 is 2.65 bits per heavy atom. The molecule has 106 valence electrons. The summed E-state index contributed by atoms with van der Waals surface area (Å²) in [4.78, 5) is 3.59. The minimum absolute atomic E-state index is 0.0631. The number of rotatable bonds is 3. The van der Waals surface area contributed by atoms with Crippen molar-refractivity contribution in [2.24, 2.45) is 0 Å². The zero-order valence-corrected chi connectivity index (χ0v) is 12.8. The molecule has 0 bridgehead atoms. The molecule has 0 fully saturated rings. The van der Waals surface area contributed by atoms with Gasteiger partial charge in [0.15, 0.2) is 0 Å². The second kappa shape index (κ2) is 5.37. The topological polar surface area (TPSA) is 76.3 Å². The highest BCUT2D eigenvalue weighted by molar-refractivity contribution is 9.10. The Labute approximate surface area is 124 Å². The minimum atomic E-state index is -3.99. The number of hydrogen-bond acceptors (Lipinski definition) is 4. The first-order valence-electron chi connectivity index (χ1n) is 5.48. The van der Waals surface area contributed by atoms with Crippen molar-refractivity contribution in [1.29, 1.82) is 0 Å². The molecule has 0 aliphatic carbocycles. The smallest absolute Gasteiger partial charge is 0.267 e. The van der Waals surface area contributed by atoms with E-state index in [0.717, 1.165) is 4.31 Å². The van der Waals surface area contributed by atoms with Crippen molar-refractivity contribution in [1.82, 2.24) is 4.98 Å². The maximum atomic E-state index is 13.7. The van der Waals surface area contributed by atoms with Gasteiger partial charge in [-0.25, -0.2) is 17.8 Å². The number of hydrogen-bond donors (Lipinski definition) is 1. The zero-order chi connectivity index (χ0) is 14.9. The molecule has 0 atom stereocenters. The molecule has 2 N–H and O–H groups in total. The lowest BCUT2D eigenvalue weighted by atomic mass is 10.3. The monoisotopic (exact) mass is 359 g/mol. The predicted molar refractivity (Wildman–Crippen MR) is 78.3 cm³/mol. The molecule has 0 spiro atoms. The summed E-state index contributed by atoms with van der Waals surface area (Å²) in [6, 6.07) is 6.91. The standard InChI is InChI=1S/C12H11BrFN3O2S/c1-17(10-5-3-2-4-9(10)14)20(18,19)11-6-8(13)7-16-12(11)15/h2-7H,1H3,(H2,15,16). The van der Waals surface area contributed by atoms with Crippen LogP contribution in [0.5, 0.6) is 0 Å². The Balaban J connectivity index is 2.56. The minimum Gasteiger partial charge on any atom is -0.383 e. The van der Waals surface area contributed by atoms with Crippen LogP contribution in [0.25, 0.3) is 0 Å². The van der Waals surface area contributed by atoms with E-state index < -0.39 is 15.8 Å². The molecule has 1 aromatic heterocycles. The number of nitrogens with zero attached hydrogens (tertiary/aromatic N) is 2. The van der Waals surface area contributed by atoms with Crippen LogP contribution in [-0.4, -0.2) is 20.4 Å². The summed E-state index contributed by atoms with van der Waals surface area (Å²) in [5.41, 5.74) is 5.53. The molecule has 0 radical (unpaired) electrons. The van der Waals surface area contributed by atoms with Gasteiger partial charge in [0.25, 0.3) is 10.0 Å². The van der Waals surface area contributed by atoms with E-state index >= 15 is 0 Å². The van der Waals surface area contributed by atoms with Gasteiger partial charge in [0.05, 0.1) is 5.69 Å². The second-order valence-electron chi connectivity index (χ2n) is 3.96. The van der Waals surface area contributed by atoms with Gasteiger partial charge >= 0.3 is 0 Å². The average molecular weight is 360 g/mol. The van der Waals surface area contributed by atoms with Crippen molar-refractivity contribution in [2.75, 3.05) is 17.1 Å². The van der Waals surface area contributed by atoms with E-state index in [2.05, 4.69) is 20.9 Å². The molecule has 2 aromatic rings. The maximum Gasteiger partial charge on any atom is 0.267 e. The molecule has 2 rings (SSSR count). The van der Waals surface area contributed by atoms with Gasteiger partial charge in [0.1, 0.15) is 16.5 Å². The van der Waals surface area contributed by atoms with Crippen LogP contribution in [0.1, 0.15) is 0 Å². The second-order valence-corrected chi connectivity index (χ2v) is 6.81. The largest absolute Gasteiger partial charge is 0.383 e. The molecule has 0 aliphatic rings. The number of halogens is 2. The van der Waals surface area contributed by atoms with E-state index in [-0.39, 0.29) is 16.4 Å². The summed E-state index contributed by atoms with van der Waals surface area (Å²) < 4.78 is 40.0. The van der Waals surface area contributed by atoms with Crippen LogP contribution in [0.15, 0.2) is 45.9 Å². The fraction of sp³-hybridized carbons (Fsp3) is 0.0833. The van der Waals surface area contributed by atoms with E-state index in [9.17, 15) is 12.8 Å². The lowest BCUT2D eigenvalue weighted by Gasteiger charge is -2.20. The van der Waals surface area contributed by atoms with Crippen LogP contribution >= 0.6 is 15.9 Å². The fourth-order valence-corrected chi connectivity index (χ4v) is 3.40. The normalized spacial score (nSPS) is 11.3. The highest BCUT2D eigenvalue weighted by Gasteiger charge is 2.26. The van der Waals surface area contributed by atoms with Gasteiger partial charge in [0, 0.05) is 17.7 Å². The van der Waals surface area contributed by atoms with E-state index in [4.69, 9.17) is 5.73 Å². The first kappa shape index (κ1) is 14.7. The van der Waals surface area contributed by atoms with Gasteiger partial charge in [-0.05, 0) is 34.1 Å². The van der Waals surface area contributed by atoms with Gasteiger partial charge in [0.2, 0.25) is 0 Å². The molecule has 20 heavy (non-hydrogen) atoms. The first-order chi connectivity index (χ1) is 9.34. The predicted octanol–water partition coefficient (Wildman–Crippen LogP) is 2.39. The Kier molecular flexibility index (Phi) is 3.96. The van der Waals surface area contributed by atoms with Crippen molar-refractivity contribution in [3.8, 4) is 0 Å². The molecule has 5 nitrogen and oxygen atoms in total. The third-order valence-corrected chi connectivity index (χ3v) is 4.91. The molecular formula is C12H11BrFN3O2S. The first-order valence-corrected chi connectivity index (χ1v) is 7.72. The Morgan fingerprint density at radius 2 is 2.00 bits per heavy atom. The fourth-order valence-electron chi connectivity index (χ4n) is 1.62. The van der Waals surface area contributed by atoms with E-state index in [1.807, 2.05) is 0 Å². The van der Waals surface area contributed by atoms with Crippen molar-refractivity contribution in [2.45, 2.75) is 4.90 Å². The van der Waals surface area contributed by atoms with Crippen molar-refractivity contribution < 1.29 is 12.8 Å².